The number of hydrogen-bond acceptors (Lipinski definition) is 2. The molecule has 0 aliphatic carbocycles. The molecule has 0 atom stereocenters. The van der Waals surface area contributed by atoms with E-state index in [1.807, 2.05) is 0 Å². The van der Waals surface area contributed by atoms with Crippen molar-refractivity contribution in [2.75, 3.05) is 11.9 Å². The molecule has 0 saturated heterocycles. The molecule has 94 valence electrons. The van der Waals surface area contributed by atoms with E-state index in [1.54, 1.807) is 6.07 Å². The van der Waals surface area contributed by atoms with Crippen molar-refractivity contribution in [3.63, 3.8) is 0 Å². The molecular weight excluding hydrogens is 241 g/mol. The third-order valence-corrected chi connectivity index (χ3v) is 3.54. The van der Waals surface area contributed by atoms with Gasteiger partial charge in [0.15, 0.2) is 0 Å². The standard InChI is InChI=1S/C15H12FN3/c16-11-3-4-12-14(8-11)19-15(18-12)10-2-1-9-5-6-17-13(9)7-10/h1-4,7-8,17H,5-6H2,(H,18,19). The van der Waals surface area contributed by atoms with Crippen molar-refractivity contribution in [3.8, 4) is 11.4 Å². The number of benzene rings is 2. The zero-order chi connectivity index (χ0) is 12.8. The summed E-state index contributed by atoms with van der Waals surface area (Å²) in [6.07, 6.45) is 1.07. The lowest BCUT2D eigenvalue weighted by Gasteiger charge is -2.02. The second-order valence-corrected chi connectivity index (χ2v) is 4.80. The monoisotopic (exact) mass is 253 g/mol. The van der Waals surface area contributed by atoms with Crippen LogP contribution < -0.4 is 5.32 Å². The Hall–Kier alpha value is -2.36. The largest absolute Gasteiger partial charge is 0.384 e. The van der Waals surface area contributed by atoms with E-state index in [9.17, 15) is 4.39 Å². The molecular formula is C15H12FN3. The number of nitrogens with zero attached hydrogens (tertiary/aromatic N) is 1. The maximum atomic E-state index is 13.2. The smallest absolute Gasteiger partial charge is 0.138 e. The zero-order valence-corrected chi connectivity index (χ0v) is 10.2. The lowest BCUT2D eigenvalue weighted by molar-refractivity contribution is 0.629. The minimum absolute atomic E-state index is 0.252. The van der Waals surface area contributed by atoms with E-state index in [4.69, 9.17) is 0 Å². The number of aromatic nitrogens is 2. The van der Waals surface area contributed by atoms with Gasteiger partial charge in [0.25, 0.3) is 0 Å². The van der Waals surface area contributed by atoms with Crippen molar-refractivity contribution in [3.05, 3.63) is 47.8 Å². The lowest BCUT2D eigenvalue weighted by Crippen LogP contribution is -1.91. The summed E-state index contributed by atoms with van der Waals surface area (Å²) < 4.78 is 13.2. The first kappa shape index (κ1) is 10.6. The molecule has 0 spiro atoms. The molecule has 0 amide bonds. The van der Waals surface area contributed by atoms with Crippen LogP contribution in [0, 0.1) is 5.82 Å². The predicted octanol–water partition coefficient (Wildman–Crippen LogP) is 3.34. The number of halogens is 1. The SMILES string of the molecule is Fc1ccc2nc(-c3ccc4c(c3)NCC4)[nH]c2c1. The van der Waals surface area contributed by atoms with Gasteiger partial charge in [0.1, 0.15) is 11.6 Å². The summed E-state index contributed by atoms with van der Waals surface area (Å²) in [7, 11) is 0. The average molecular weight is 253 g/mol. The molecule has 1 aromatic heterocycles. The van der Waals surface area contributed by atoms with Gasteiger partial charge in [-0.1, -0.05) is 12.1 Å². The fourth-order valence-electron chi connectivity index (χ4n) is 2.56. The number of H-pyrrole nitrogens is 1. The van der Waals surface area contributed by atoms with Crippen molar-refractivity contribution >= 4 is 16.7 Å². The molecule has 2 aromatic carbocycles. The second kappa shape index (κ2) is 3.82. The van der Waals surface area contributed by atoms with Crippen LogP contribution in [0.5, 0.6) is 0 Å². The Morgan fingerprint density at radius 2 is 2.05 bits per heavy atom. The Labute approximate surface area is 109 Å². The summed E-state index contributed by atoms with van der Waals surface area (Å²) in [5.74, 6) is 0.524. The average Bonchev–Trinajstić information content (AvgIpc) is 3.02. The Balaban J connectivity index is 1.85. The summed E-state index contributed by atoms with van der Waals surface area (Å²) >= 11 is 0. The molecule has 0 saturated carbocycles. The summed E-state index contributed by atoms with van der Waals surface area (Å²) in [5, 5.41) is 3.35. The van der Waals surface area contributed by atoms with Crippen LogP contribution in [0.25, 0.3) is 22.4 Å². The fraction of sp³-hybridized carbons (Fsp3) is 0.133. The molecule has 2 heterocycles. The van der Waals surface area contributed by atoms with E-state index in [-0.39, 0.29) is 5.82 Å². The first-order valence-corrected chi connectivity index (χ1v) is 6.32. The summed E-state index contributed by atoms with van der Waals surface area (Å²) in [6.45, 7) is 0.990. The molecule has 1 aliphatic rings. The van der Waals surface area contributed by atoms with Crippen LogP contribution in [0.4, 0.5) is 10.1 Å². The van der Waals surface area contributed by atoms with E-state index in [1.165, 1.54) is 23.4 Å². The summed E-state index contributed by atoms with van der Waals surface area (Å²) in [5.41, 5.74) is 5.04. The quantitative estimate of drug-likeness (QED) is 0.698. The predicted molar refractivity (Wildman–Crippen MR) is 73.7 cm³/mol. The highest BCUT2D eigenvalue weighted by molar-refractivity contribution is 5.80. The minimum Gasteiger partial charge on any atom is -0.384 e. The maximum absolute atomic E-state index is 13.2. The van der Waals surface area contributed by atoms with Crippen molar-refractivity contribution in [1.29, 1.82) is 0 Å². The highest BCUT2D eigenvalue weighted by Gasteiger charge is 2.12. The first-order valence-electron chi connectivity index (χ1n) is 6.32. The van der Waals surface area contributed by atoms with Crippen LogP contribution in [-0.4, -0.2) is 16.5 Å². The summed E-state index contributed by atoms with van der Waals surface area (Å²) in [6, 6.07) is 10.9. The van der Waals surface area contributed by atoms with Gasteiger partial charge < -0.3 is 10.3 Å². The molecule has 3 aromatic rings. The summed E-state index contributed by atoms with van der Waals surface area (Å²) in [4.78, 5) is 7.66. The van der Waals surface area contributed by atoms with Crippen LogP contribution in [-0.2, 0) is 6.42 Å². The van der Waals surface area contributed by atoms with Crippen LogP contribution in [0.3, 0.4) is 0 Å². The van der Waals surface area contributed by atoms with Gasteiger partial charge in [-0.2, -0.15) is 0 Å². The number of fused-ring (bicyclic) bond motifs is 2. The van der Waals surface area contributed by atoms with E-state index in [0.717, 1.165) is 35.4 Å². The maximum Gasteiger partial charge on any atom is 0.138 e. The van der Waals surface area contributed by atoms with Gasteiger partial charge in [-0.05, 0) is 36.2 Å². The van der Waals surface area contributed by atoms with E-state index >= 15 is 0 Å². The second-order valence-electron chi connectivity index (χ2n) is 4.80. The third kappa shape index (κ3) is 1.68. The van der Waals surface area contributed by atoms with E-state index < -0.39 is 0 Å². The van der Waals surface area contributed by atoms with Gasteiger partial charge >= 0.3 is 0 Å². The molecule has 19 heavy (non-hydrogen) atoms. The molecule has 4 heteroatoms. The molecule has 3 nitrogen and oxygen atoms in total. The van der Waals surface area contributed by atoms with E-state index in [0.29, 0.717) is 0 Å². The molecule has 1 aliphatic heterocycles. The molecule has 0 bridgehead atoms. The number of hydrogen-bond donors (Lipinski definition) is 2. The number of nitrogens with one attached hydrogen (secondary N) is 2. The van der Waals surface area contributed by atoms with Crippen LogP contribution in [0.1, 0.15) is 5.56 Å². The Morgan fingerprint density at radius 1 is 1.11 bits per heavy atom. The van der Waals surface area contributed by atoms with Gasteiger partial charge in [-0.25, -0.2) is 9.37 Å². The Bertz CT molecular complexity index is 776. The number of imidazole rings is 1. The first-order chi connectivity index (χ1) is 9.29. The molecule has 0 unspecified atom stereocenters. The van der Waals surface area contributed by atoms with Crippen molar-refractivity contribution < 1.29 is 4.39 Å². The van der Waals surface area contributed by atoms with Gasteiger partial charge in [0.2, 0.25) is 0 Å². The van der Waals surface area contributed by atoms with Crippen molar-refractivity contribution in [1.82, 2.24) is 9.97 Å². The Kier molecular flexibility index (Phi) is 2.12. The van der Waals surface area contributed by atoms with Crippen molar-refractivity contribution in [2.45, 2.75) is 6.42 Å². The third-order valence-electron chi connectivity index (χ3n) is 3.54. The van der Waals surface area contributed by atoms with Gasteiger partial charge in [-0.15, -0.1) is 0 Å². The Morgan fingerprint density at radius 3 is 3.00 bits per heavy atom. The zero-order valence-electron chi connectivity index (χ0n) is 10.2. The van der Waals surface area contributed by atoms with Gasteiger partial charge in [0.05, 0.1) is 11.0 Å². The van der Waals surface area contributed by atoms with Crippen LogP contribution in [0.15, 0.2) is 36.4 Å². The van der Waals surface area contributed by atoms with Crippen LogP contribution in [0.2, 0.25) is 0 Å². The van der Waals surface area contributed by atoms with Gasteiger partial charge in [0, 0.05) is 17.8 Å². The number of aromatic amines is 1. The van der Waals surface area contributed by atoms with Crippen molar-refractivity contribution in [2.24, 2.45) is 0 Å². The molecule has 0 fully saturated rings. The fourth-order valence-corrected chi connectivity index (χ4v) is 2.56. The lowest BCUT2D eigenvalue weighted by atomic mass is 10.1. The minimum atomic E-state index is -0.252. The van der Waals surface area contributed by atoms with Crippen LogP contribution >= 0.6 is 0 Å². The highest BCUT2D eigenvalue weighted by atomic mass is 19.1. The van der Waals surface area contributed by atoms with Gasteiger partial charge in [-0.3, -0.25) is 0 Å². The topological polar surface area (TPSA) is 40.7 Å². The highest BCUT2D eigenvalue weighted by Crippen LogP contribution is 2.28. The normalized spacial score (nSPS) is 13.5. The molecule has 0 radical (unpaired) electrons. The van der Waals surface area contributed by atoms with E-state index in [2.05, 4.69) is 33.5 Å². The molecule has 2 N–H and O–H groups in total. The number of anilines is 1. The number of rotatable bonds is 1. The molecule has 4 rings (SSSR count).